The molecule has 0 saturated carbocycles. The van der Waals surface area contributed by atoms with Gasteiger partial charge in [-0.25, -0.2) is 0 Å². The lowest BCUT2D eigenvalue weighted by Gasteiger charge is -2.36. The molecule has 1 saturated heterocycles. The topological polar surface area (TPSA) is 75.8 Å². The molecule has 0 unspecified atom stereocenters. The third-order valence-corrected chi connectivity index (χ3v) is 5.25. The minimum absolute atomic E-state index is 0.0376. The number of nitrogens with zero attached hydrogens (tertiary/aromatic N) is 2. The highest BCUT2D eigenvalue weighted by Crippen LogP contribution is 2.28. The summed E-state index contributed by atoms with van der Waals surface area (Å²) in [7, 11) is 0. The van der Waals surface area contributed by atoms with Crippen molar-refractivity contribution in [1.82, 2.24) is 4.90 Å². The first kappa shape index (κ1) is 17.0. The van der Waals surface area contributed by atoms with Crippen molar-refractivity contribution in [2.75, 3.05) is 19.8 Å². The molecule has 24 heavy (non-hydrogen) atoms. The molecule has 0 radical (unpaired) electrons. The number of nitro groups is 1. The molecule has 0 amide bonds. The molecule has 1 aromatic carbocycles. The highest BCUT2D eigenvalue weighted by atomic mass is 32.1. The molecule has 1 aromatic heterocycles. The SMILES string of the molecule is O=[N+]([O-])c1ccccc1CN1CCOC[C@@H]1C[C@H](O)c1cccs1. The van der Waals surface area contributed by atoms with Gasteiger partial charge >= 0.3 is 0 Å². The zero-order valence-electron chi connectivity index (χ0n) is 13.2. The molecular formula is C17H20N2O4S. The van der Waals surface area contributed by atoms with Crippen LogP contribution in [-0.2, 0) is 11.3 Å². The van der Waals surface area contributed by atoms with Crippen LogP contribution in [0.4, 0.5) is 5.69 Å². The summed E-state index contributed by atoms with van der Waals surface area (Å²) in [5, 5.41) is 23.6. The zero-order chi connectivity index (χ0) is 16.9. The van der Waals surface area contributed by atoms with Gasteiger partial charge in [-0.15, -0.1) is 11.3 Å². The van der Waals surface area contributed by atoms with E-state index >= 15 is 0 Å². The molecular weight excluding hydrogens is 328 g/mol. The van der Waals surface area contributed by atoms with Gasteiger partial charge in [-0.2, -0.15) is 0 Å². The van der Waals surface area contributed by atoms with Crippen LogP contribution >= 0.6 is 11.3 Å². The lowest BCUT2D eigenvalue weighted by molar-refractivity contribution is -0.385. The largest absolute Gasteiger partial charge is 0.388 e. The van der Waals surface area contributed by atoms with E-state index in [1.165, 1.54) is 17.4 Å². The van der Waals surface area contributed by atoms with Gasteiger partial charge in [0.05, 0.1) is 24.2 Å². The van der Waals surface area contributed by atoms with Crippen LogP contribution in [-0.4, -0.2) is 40.7 Å². The summed E-state index contributed by atoms with van der Waals surface area (Å²) in [6, 6.07) is 10.7. The Balaban J connectivity index is 1.72. The van der Waals surface area contributed by atoms with Gasteiger partial charge in [-0.1, -0.05) is 24.3 Å². The summed E-state index contributed by atoms with van der Waals surface area (Å²) in [5.41, 5.74) is 0.835. The van der Waals surface area contributed by atoms with Gasteiger partial charge in [0.15, 0.2) is 0 Å². The Morgan fingerprint density at radius 2 is 2.21 bits per heavy atom. The Kier molecular flexibility index (Phi) is 5.57. The van der Waals surface area contributed by atoms with Gasteiger partial charge in [-0.3, -0.25) is 15.0 Å². The van der Waals surface area contributed by atoms with E-state index in [0.29, 0.717) is 38.3 Å². The third kappa shape index (κ3) is 3.99. The fourth-order valence-electron chi connectivity index (χ4n) is 3.01. The van der Waals surface area contributed by atoms with Crippen LogP contribution in [0.3, 0.4) is 0 Å². The van der Waals surface area contributed by atoms with E-state index in [-0.39, 0.29) is 16.7 Å². The number of hydrogen-bond donors (Lipinski definition) is 1. The third-order valence-electron chi connectivity index (χ3n) is 4.28. The van der Waals surface area contributed by atoms with Gasteiger partial charge < -0.3 is 9.84 Å². The van der Waals surface area contributed by atoms with Crippen LogP contribution in [0.15, 0.2) is 41.8 Å². The van der Waals surface area contributed by atoms with Gasteiger partial charge in [0.25, 0.3) is 5.69 Å². The number of para-hydroxylation sites is 1. The molecule has 1 fully saturated rings. The van der Waals surface area contributed by atoms with Crippen LogP contribution in [0, 0.1) is 10.1 Å². The number of ether oxygens (including phenoxy) is 1. The molecule has 6 nitrogen and oxygen atoms in total. The quantitative estimate of drug-likeness (QED) is 0.641. The van der Waals surface area contributed by atoms with Gasteiger partial charge in [0.2, 0.25) is 0 Å². The maximum Gasteiger partial charge on any atom is 0.273 e. The average molecular weight is 348 g/mol. The Labute approximate surface area is 144 Å². The Morgan fingerprint density at radius 1 is 1.38 bits per heavy atom. The zero-order valence-corrected chi connectivity index (χ0v) is 14.0. The van der Waals surface area contributed by atoms with Crippen LogP contribution in [0.25, 0.3) is 0 Å². The first-order chi connectivity index (χ1) is 11.6. The Hall–Kier alpha value is -1.80. The number of morpholine rings is 1. The summed E-state index contributed by atoms with van der Waals surface area (Å²) in [6.07, 6.45) is 0.0196. The van der Waals surface area contributed by atoms with E-state index in [1.54, 1.807) is 12.1 Å². The van der Waals surface area contributed by atoms with Gasteiger partial charge in [0.1, 0.15) is 0 Å². The molecule has 3 rings (SSSR count). The van der Waals surface area contributed by atoms with E-state index < -0.39 is 6.10 Å². The first-order valence-electron chi connectivity index (χ1n) is 7.90. The predicted octanol–water partition coefficient (Wildman–Crippen LogP) is 2.98. The van der Waals surface area contributed by atoms with Gasteiger partial charge in [0, 0.05) is 35.6 Å². The second-order valence-electron chi connectivity index (χ2n) is 5.85. The van der Waals surface area contributed by atoms with Crippen molar-refractivity contribution in [3.63, 3.8) is 0 Å². The monoisotopic (exact) mass is 348 g/mol. The minimum atomic E-state index is -0.537. The molecule has 0 spiro atoms. The average Bonchev–Trinajstić information content (AvgIpc) is 3.11. The van der Waals surface area contributed by atoms with Crippen LogP contribution in [0.1, 0.15) is 23.0 Å². The maximum absolute atomic E-state index is 11.2. The molecule has 2 heterocycles. The molecule has 1 aliphatic rings. The number of hydrogen-bond acceptors (Lipinski definition) is 6. The van der Waals surface area contributed by atoms with E-state index in [4.69, 9.17) is 4.74 Å². The lowest BCUT2D eigenvalue weighted by atomic mass is 10.0. The summed E-state index contributed by atoms with van der Waals surface area (Å²) < 4.78 is 5.56. The minimum Gasteiger partial charge on any atom is -0.388 e. The lowest BCUT2D eigenvalue weighted by Crippen LogP contribution is -2.45. The van der Waals surface area contributed by atoms with Crippen molar-refractivity contribution in [3.05, 3.63) is 62.3 Å². The van der Waals surface area contributed by atoms with Crippen LogP contribution < -0.4 is 0 Å². The van der Waals surface area contributed by atoms with Crippen molar-refractivity contribution < 1.29 is 14.8 Å². The molecule has 128 valence electrons. The fraction of sp³-hybridized carbons (Fsp3) is 0.412. The summed E-state index contributed by atoms with van der Waals surface area (Å²) in [5.74, 6) is 0. The van der Waals surface area contributed by atoms with E-state index in [1.807, 2.05) is 23.6 Å². The van der Waals surface area contributed by atoms with Crippen LogP contribution in [0.5, 0.6) is 0 Å². The first-order valence-corrected chi connectivity index (χ1v) is 8.78. The number of nitro benzene ring substituents is 1. The molecule has 1 N–H and O–H groups in total. The standard InChI is InChI=1S/C17H20N2O4S/c20-16(17-6-3-9-24-17)10-14-12-23-8-7-18(14)11-13-4-1-2-5-15(13)19(21)22/h1-6,9,14,16,20H,7-8,10-12H2/t14-,16-/m0/s1. The van der Waals surface area contributed by atoms with E-state index in [0.717, 1.165) is 4.88 Å². The summed E-state index contributed by atoms with van der Waals surface area (Å²) >= 11 is 1.53. The predicted molar refractivity (Wildman–Crippen MR) is 92.0 cm³/mol. The maximum atomic E-state index is 11.2. The number of thiophene rings is 1. The van der Waals surface area contributed by atoms with E-state index in [2.05, 4.69) is 4.90 Å². The second-order valence-corrected chi connectivity index (χ2v) is 6.83. The van der Waals surface area contributed by atoms with Crippen molar-refractivity contribution in [3.8, 4) is 0 Å². The second kappa shape index (κ2) is 7.85. The Morgan fingerprint density at radius 3 is 2.96 bits per heavy atom. The molecule has 2 aromatic rings. The summed E-state index contributed by atoms with van der Waals surface area (Å²) in [4.78, 5) is 14.0. The molecule has 2 atom stereocenters. The highest BCUT2D eigenvalue weighted by Gasteiger charge is 2.28. The normalized spacial score (nSPS) is 20.0. The fourth-order valence-corrected chi connectivity index (χ4v) is 3.74. The number of aliphatic hydroxyl groups excluding tert-OH is 1. The number of rotatable bonds is 6. The molecule has 7 heteroatoms. The highest BCUT2D eigenvalue weighted by molar-refractivity contribution is 7.10. The molecule has 0 bridgehead atoms. The smallest absolute Gasteiger partial charge is 0.273 e. The summed E-state index contributed by atoms with van der Waals surface area (Å²) in [6.45, 7) is 2.32. The van der Waals surface area contributed by atoms with Crippen molar-refractivity contribution in [1.29, 1.82) is 0 Å². The van der Waals surface area contributed by atoms with E-state index in [9.17, 15) is 15.2 Å². The number of benzene rings is 1. The van der Waals surface area contributed by atoms with Crippen LogP contribution in [0.2, 0.25) is 0 Å². The molecule has 0 aliphatic carbocycles. The Bertz CT molecular complexity index is 677. The molecule has 1 aliphatic heterocycles. The van der Waals surface area contributed by atoms with Crippen molar-refractivity contribution >= 4 is 17.0 Å². The van der Waals surface area contributed by atoms with Gasteiger partial charge in [-0.05, 0) is 17.9 Å². The van der Waals surface area contributed by atoms with Crippen molar-refractivity contribution in [2.45, 2.75) is 25.1 Å². The van der Waals surface area contributed by atoms with Crippen molar-refractivity contribution in [2.24, 2.45) is 0 Å². The number of aliphatic hydroxyl groups is 1.